The molecule has 0 spiro atoms. The highest BCUT2D eigenvalue weighted by molar-refractivity contribution is 7.92. The van der Waals surface area contributed by atoms with Gasteiger partial charge in [-0.25, -0.2) is 13.4 Å². The highest BCUT2D eigenvalue weighted by Crippen LogP contribution is 2.29. The standard InChI is InChI=1S/C19H21N7O2S.C18H23N7O2S.C6H14O2/c1-13-11-28-7-6-25(13)18-9-17(24-29(2,3)27)22-19(23-18)26-12-21-15-5-4-14(10-20)8-16(15)26;1-12-11-27-7-6-25(12)17-9-16(24-28(2,3)26)22-18(23-17)21-15-8-13(10-19)4-5-14(15)20;1-4-7-6(3)8-5-2/h4-5,8-9,12-13H,6-7,11H2,1-3H3;4-5,8-9,12H,6-7,11,20H2,1-3H3,(H,21,22,23);6H,4-5H2,1-3H3/t13-;12-;/m11./s1. The first kappa shape index (κ1) is 50.0. The molecule has 2 aliphatic heterocycles. The number of hydrogen-bond donors (Lipinski definition) is 2. The summed E-state index contributed by atoms with van der Waals surface area (Å²) in [6, 6.07) is 18.1. The fraction of sp³-hybridized carbons (Fsp3) is 0.465. The van der Waals surface area contributed by atoms with Gasteiger partial charge in [0.1, 0.15) is 18.0 Å². The van der Waals surface area contributed by atoms with Crippen LogP contribution in [-0.4, -0.2) is 134 Å². The van der Waals surface area contributed by atoms with Gasteiger partial charge >= 0.3 is 0 Å². The zero-order valence-electron chi connectivity index (χ0n) is 38.3. The van der Waals surface area contributed by atoms with E-state index < -0.39 is 19.5 Å². The Bertz CT molecular complexity index is 2750. The van der Waals surface area contributed by atoms with E-state index in [2.05, 4.69) is 62.8 Å². The van der Waals surface area contributed by atoms with Crippen molar-refractivity contribution in [3.63, 3.8) is 0 Å². The summed E-state index contributed by atoms with van der Waals surface area (Å²) < 4.78 is 55.8. The van der Waals surface area contributed by atoms with E-state index in [9.17, 15) is 13.7 Å². The normalized spacial score (nSPS) is 16.4. The highest BCUT2D eigenvalue weighted by atomic mass is 32.2. The third-order valence-electron chi connectivity index (χ3n) is 9.46. The Morgan fingerprint density at radius 3 is 1.89 bits per heavy atom. The molecule has 7 rings (SSSR count). The summed E-state index contributed by atoms with van der Waals surface area (Å²) in [7, 11) is -4.80. The molecule has 20 nitrogen and oxygen atoms in total. The first-order valence-electron chi connectivity index (χ1n) is 20.9. The van der Waals surface area contributed by atoms with Crippen LogP contribution in [0.1, 0.15) is 45.7 Å². The van der Waals surface area contributed by atoms with Gasteiger partial charge in [0, 0.05) is 82.9 Å². The van der Waals surface area contributed by atoms with Crippen LogP contribution < -0.4 is 20.9 Å². The monoisotopic (exact) mass is 930 g/mol. The van der Waals surface area contributed by atoms with E-state index in [4.69, 9.17) is 34.9 Å². The third kappa shape index (κ3) is 14.8. The number of morpholine rings is 2. The molecule has 65 heavy (non-hydrogen) atoms. The van der Waals surface area contributed by atoms with Crippen molar-refractivity contribution in [2.75, 3.05) is 98.6 Å². The molecule has 3 N–H and O–H groups in total. The number of imidazole rings is 1. The summed E-state index contributed by atoms with van der Waals surface area (Å²) in [6.07, 6.45) is 7.81. The number of fused-ring (bicyclic) bond motifs is 1. The maximum Gasteiger partial charge on any atom is 0.239 e. The minimum atomic E-state index is -2.40. The van der Waals surface area contributed by atoms with Gasteiger partial charge in [-0.05, 0) is 71.0 Å². The SMILES string of the molecule is CCOC(C)OCC.C[C@@H]1COCCN1c1cc(N=S(C)(C)=O)nc(-n2cnc3ccc(C#N)cc32)n1.C[C@@H]1COCCN1c1cc(N=S(C)(C)=O)nc(Nc2cc(C#N)ccc2N)n1. The van der Waals surface area contributed by atoms with Crippen LogP contribution in [0.15, 0.2) is 63.6 Å². The number of nitrogen functional groups attached to an aromatic ring is 1. The van der Waals surface area contributed by atoms with Crippen molar-refractivity contribution in [3.05, 3.63) is 66.0 Å². The molecule has 0 radical (unpaired) electrons. The molecule has 0 unspecified atom stereocenters. The smallest absolute Gasteiger partial charge is 0.239 e. The van der Waals surface area contributed by atoms with E-state index in [0.717, 1.165) is 24.2 Å². The molecule has 2 atom stereocenters. The van der Waals surface area contributed by atoms with Crippen LogP contribution in [0.25, 0.3) is 17.0 Å². The predicted molar refractivity (Wildman–Crippen MR) is 254 cm³/mol. The molecule has 5 heterocycles. The average Bonchev–Trinajstić information content (AvgIpc) is 3.67. The van der Waals surface area contributed by atoms with Crippen molar-refractivity contribution in [1.29, 1.82) is 10.5 Å². The van der Waals surface area contributed by atoms with Crippen molar-refractivity contribution in [2.24, 2.45) is 8.73 Å². The third-order valence-corrected chi connectivity index (χ3v) is 10.7. The number of nitriles is 2. The summed E-state index contributed by atoms with van der Waals surface area (Å²) in [5, 5.41) is 21.4. The number of nitrogens with zero attached hydrogens (tertiary/aromatic N) is 12. The number of anilines is 5. The Hall–Kier alpha value is -6.01. The first-order valence-corrected chi connectivity index (χ1v) is 25.5. The minimum absolute atomic E-state index is 0.0370. The quantitative estimate of drug-likeness (QED) is 0.115. The van der Waals surface area contributed by atoms with Crippen LogP contribution in [0.5, 0.6) is 0 Å². The molecule has 0 amide bonds. The number of aromatic nitrogens is 6. The maximum atomic E-state index is 12.3. The molecule has 2 aromatic carbocycles. The Morgan fingerprint density at radius 1 is 0.815 bits per heavy atom. The molecule has 3 aromatic heterocycles. The zero-order valence-corrected chi connectivity index (χ0v) is 39.9. The molecular weight excluding hydrogens is 873 g/mol. The van der Waals surface area contributed by atoms with Gasteiger partial charge in [-0.2, -0.15) is 39.2 Å². The number of nitrogens with two attached hydrogens (primary N) is 1. The average molecular weight is 931 g/mol. The van der Waals surface area contributed by atoms with Gasteiger partial charge in [-0.15, -0.1) is 0 Å². The lowest BCUT2D eigenvalue weighted by Gasteiger charge is -2.34. The summed E-state index contributed by atoms with van der Waals surface area (Å²) in [4.78, 5) is 26.8. The largest absolute Gasteiger partial charge is 0.397 e. The summed E-state index contributed by atoms with van der Waals surface area (Å²) in [6.45, 7) is 15.1. The molecule has 2 aliphatic rings. The number of rotatable bonds is 11. The van der Waals surface area contributed by atoms with Gasteiger partial charge in [-0.1, -0.05) is 0 Å². The Morgan fingerprint density at radius 2 is 1.35 bits per heavy atom. The fourth-order valence-electron chi connectivity index (χ4n) is 6.58. The van der Waals surface area contributed by atoms with Crippen LogP contribution in [0.4, 0.5) is 40.6 Å². The molecule has 22 heteroatoms. The molecule has 5 aromatic rings. The Balaban J connectivity index is 0.000000210. The van der Waals surface area contributed by atoms with Crippen LogP contribution in [-0.2, 0) is 38.4 Å². The van der Waals surface area contributed by atoms with Gasteiger partial charge in [0.15, 0.2) is 17.9 Å². The Kier molecular flexibility index (Phi) is 17.5. The van der Waals surface area contributed by atoms with Gasteiger partial charge in [0.05, 0.1) is 84.2 Å². The van der Waals surface area contributed by atoms with E-state index in [0.29, 0.717) is 91.2 Å². The van der Waals surface area contributed by atoms with Crippen LogP contribution in [0, 0.1) is 22.7 Å². The lowest BCUT2D eigenvalue weighted by atomic mass is 10.2. The number of hydrogen-bond acceptors (Lipinski definition) is 19. The van der Waals surface area contributed by atoms with Gasteiger partial charge in [0.2, 0.25) is 11.9 Å². The second-order valence-corrected chi connectivity index (χ2v) is 20.6. The molecule has 0 bridgehead atoms. The first-order chi connectivity index (χ1) is 30.9. The predicted octanol–water partition coefficient (Wildman–Crippen LogP) is 5.94. The van der Waals surface area contributed by atoms with Crippen LogP contribution >= 0.6 is 0 Å². The molecule has 348 valence electrons. The second-order valence-electron chi connectivity index (χ2n) is 15.5. The fourth-order valence-corrected chi connectivity index (χ4v) is 7.67. The summed E-state index contributed by atoms with van der Waals surface area (Å²) in [5.74, 6) is 2.63. The Labute approximate surface area is 381 Å². The summed E-state index contributed by atoms with van der Waals surface area (Å²) in [5.41, 5.74) is 9.42. The van der Waals surface area contributed by atoms with Gasteiger partial charge in [0.25, 0.3) is 0 Å². The van der Waals surface area contributed by atoms with E-state index in [1.165, 1.54) is 0 Å². The number of benzene rings is 2. The van der Waals surface area contributed by atoms with E-state index in [1.54, 1.807) is 84.4 Å². The van der Waals surface area contributed by atoms with E-state index in [-0.39, 0.29) is 24.3 Å². The minimum Gasteiger partial charge on any atom is -0.397 e. The topological polar surface area (TPSA) is 257 Å². The zero-order chi connectivity index (χ0) is 47.3. The second kappa shape index (κ2) is 22.7. The number of ether oxygens (including phenoxy) is 4. The van der Waals surface area contributed by atoms with Gasteiger partial charge < -0.3 is 39.8 Å². The van der Waals surface area contributed by atoms with Crippen LogP contribution in [0.2, 0.25) is 0 Å². The molecule has 0 saturated carbocycles. The summed E-state index contributed by atoms with van der Waals surface area (Å²) >= 11 is 0. The molecule has 0 aliphatic carbocycles. The van der Waals surface area contributed by atoms with Crippen molar-refractivity contribution in [2.45, 2.75) is 53.0 Å². The van der Waals surface area contributed by atoms with Crippen molar-refractivity contribution in [1.82, 2.24) is 29.5 Å². The van der Waals surface area contributed by atoms with Crippen molar-refractivity contribution >= 4 is 71.1 Å². The number of nitrogens with one attached hydrogen (secondary N) is 1. The van der Waals surface area contributed by atoms with E-state index >= 15 is 0 Å². The van der Waals surface area contributed by atoms with Crippen molar-refractivity contribution in [3.8, 4) is 18.1 Å². The highest BCUT2D eigenvalue weighted by Gasteiger charge is 2.24. The molecular formula is C43H58N14O6S2. The molecule has 2 saturated heterocycles. The van der Waals surface area contributed by atoms with Gasteiger partial charge in [-0.3, -0.25) is 4.57 Å². The van der Waals surface area contributed by atoms with Crippen molar-refractivity contribution < 1.29 is 27.4 Å². The maximum absolute atomic E-state index is 12.3. The lowest BCUT2D eigenvalue weighted by Crippen LogP contribution is -2.44. The van der Waals surface area contributed by atoms with Crippen LogP contribution in [0.3, 0.4) is 0 Å². The molecule has 2 fully saturated rings. The lowest BCUT2D eigenvalue weighted by molar-refractivity contribution is -0.123. The van der Waals surface area contributed by atoms with E-state index in [1.807, 2.05) is 27.7 Å².